The van der Waals surface area contributed by atoms with Crippen molar-refractivity contribution in [3.63, 3.8) is 0 Å². The molecule has 0 saturated heterocycles. The van der Waals surface area contributed by atoms with Crippen LogP contribution in [0.15, 0.2) is 78.2 Å². The minimum atomic E-state index is -0.301. The number of nitrogens with one attached hydrogen (secondary N) is 1. The van der Waals surface area contributed by atoms with Gasteiger partial charge in [0.05, 0.1) is 17.8 Å². The first-order valence-electron chi connectivity index (χ1n) is 8.20. The SMILES string of the molecule is N#Cc1ccccc1COc1ccc(/C=N\NC(=O)c2ccncc2)cc1. The van der Waals surface area contributed by atoms with Crippen LogP contribution in [0.2, 0.25) is 0 Å². The van der Waals surface area contributed by atoms with Gasteiger partial charge in [-0.1, -0.05) is 18.2 Å². The van der Waals surface area contributed by atoms with Gasteiger partial charge in [-0.2, -0.15) is 10.4 Å². The first-order valence-corrected chi connectivity index (χ1v) is 8.20. The molecule has 1 aromatic heterocycles. The molecule has 0 aliphatic rings. The monoisotopic (exact) mass is 356 g/mol. The Balaban J connectivity index is 1.54. The maximum absolute atomic E-state index is 11.9. The predicted octanol–water partition coefficient (Wildman–Crippen LogP) is 3.30. The molecule has 3 rings (SSSR count). The molecule has 6 nitrogen and oxygen atoms in total. The number of hydrogen-bond acceptors (Lipinski definition) is 5. The average Bonchev–Trinajstić information content (AvgIpc) is 2.74. The van der Waals surface area contributed by atoms with Crippen molar-refractivity contribution in [1.82, 2.24) is 10.4 Å². The zero-order valence-electron chi connectivity index (χ0n) is 14.4. The number of rotatable bonds is 6. The first kappa shape index (κ1) is 17.8. The summed E-state index contributed by atoms with van der Waals surface area (Å²) >= 11 is 0. The lowest BCUT2D eigenvalue weighted by Crippen LogP contribution is -2.17. The molecule has 0 spiro atoms. The van der Waals surface area contributed by atoms with E-state index in [0.717, 1.165) is 11.1 Å². The molecule has 0 fully saturated rings. The molecule has 0 atom stereocenters. The van der Waals surface area contributed by atoms with Crippen LogP contribution in [0.4, 0.5) is 0 Å². The van der Waals surface area contributed by atoms with Gasteiger partial charge in [0.2, 0.25) is 0 Å². The van der Waals surface area contributed by atoms with Crippen LogP contribution in [-0.2, 0) is 6.61 Å². The summed E-state index contributed by atoms with van der Waals surface area (Å²) in [5.74, 6) is 0.380. The van der Waals surface area contributed by atoms with E-state index in [9.17, 15) is 4.79 Å². The molecule has 3 aromatic rings. The summed E-state index contributed by atoms with van der Waals surface area (Å²) in [5.41, 5.74) is 5.21. The molecule has 1 N–H and O–H groups in total. The zero-order valence-corrected chi connectivity index (χ0v) is 14.4. The standard InChI is InChI=1S/C21H16N4O2/c22-13-18-3-1-2-4-19(18)15-27-20-7-5-16(6-8-20)14-24-25-21(26)17-9-11-23-12-10-17/h1-12,14H,15H2,(H,25,26)/b24-14-. The Labute approximate surface area is 156 Å². The van der Waals surface area contributed by atoms with E-state index in [1.165, 1.54) is 0 Å². The predicted molar refractivity (Wildman–Crippen MR) is 101 cm³/mol. The lowest BCUT2D eigenvalue weighted by atomic mass is 10.1. The number of pyridine rings is 1. The Morgan fingerprint density at radius 1 is 1.11 bits per heavy atom. The molecular weight excluding hydrogens is 340 g/mol. The number of carbonyl (C=O) groups excluding carboxylic acids is 1. The second-order valence-corrected chi connectivity index (χ2v) is 5.56. The van der Waals surface area contributed by atoms with Crippen molar-refractivity contribution in [3.8, 4) is 11.8 Å². The average molecular weight is 356 g/mol. The molecule has 1 amide bonds. The fourth-order valence-electron chi connectivity index (χ4n) is 2.30. The fourth-order valence-corrected chi connectivity index (χ4v) is 2.30. The fraction of sp³-hybridized carbons (Fsp3) is 0.0476. The van der Waals surface area contributed by atoms with Crippen LogP contribution < -0.4 is 10.2 Å². The molecule has 2 aromatic carbocycles. The van der Waals surface area contributed by atoms with Crippen LogP contribution in [-0.4, -0.2) is 17.1 Å². The van der Waals surface area contributed by atoms with Crippen LogP contribution in [0.25, 0.3) is 0 Å². The summed E-state index contributed by atoms with van der Waals surface area (Å²) in [4.78, 5) is 15.7. The molecule has 0 saturated carbocycles. The van der Waals surface area contributed by atoms with Crippen LogP contribution in [0.5, 0.6) is 5.75 Å². The van der Waals surface area contributed by atoms with E-state index in [4.69, 9.17) is 10.00 Å². The van der Waals surface area contributed by atoms with Crippen molar-refractivity contribution < 1.29 is 9.53 Å². The number of hydrazone groups is 1. The lowest BCUT2D eigenvalue weighted by Gasteiger charge is -2.07. The van der Waals surface area contributed by atoms with Gasteiger partial charge >= 0.3 is 0 Å². The number of nitrogens with zero attached hydrogens (tertiary/aromatic N) is 3. The highest BCUT2D eigenvalue weighted by Crippen LogP contribution is 2.15. The lowest BCUT2D eigenvalue weighted by molar-refractivity contribution is 0.0955. The van der Waals surface area contributed by atoms with Crippen molar-refractivity contribution in [2.45, 2.75) is 6.61 Å². The molecule has 0 aliphatic heterocycles. The van der Waals surface area contributed by atoms with Gasteiger partial charge in [0.25, 0.3) is 5.91 Å². The van der Waals surface area contributed by atoms with Gasteiger partial charge in [-0.25, -0.2) is 5.43 Å². The van der Waals surface area contributed by atoms with Crippen LogP contribution in [0.1, 0.15) is 27.0 Å². The van der Waals surface area contributed by atoms with Gasteiger partial charge in [-0.05, 0) is 48.0 Å². The van der Waals surface area contributed by atoms with Gasteiger partial charge in [0.1, 0.15) is 12.4 Å². The summed E-state index contributed by atoms with van der Waals surface area (Å²) in [6, 6.07) is 20.0. The topological polar surface area (TPSA) is 87.4 Å². The minimum absolute atomic E-state index is 0.301. The van der Waals surface area contributed by atoms with Crippen LogP contribution in [0, 0.1) is 11.3 Å². The molecule has 0 aliphatic carbocycles. The number of aromatic nitrogens is 1. The Bertz CT molecular complexity index is 977. The molecule has 0 radical (unpaired) electrons. The van der Waals surface area contributed by atoms with Gasteiger partial charge in [-0.3, -0.25) is 9.78 Å². The van der Waals surface area contributed by atoms with E-state index in [1.54, 1.807) is 48.9 Å². The van der Waals surface area contributed by atoms with E-state index in [2.05, 4.69) is 21.6 Å². The molecule has 132 valence electrons. The quantitative estimate of drug-likeness (QED) is 0.542. The van der Waals surface area contributed by atoms with E-state index in [0.29, 0.717) is 23.5 Å². The number of nitriles is 1. The smallest absolute Gasteiger partial charge is 0.271 e. The molecule has 0 bridgehead atoms. The molecular formula is C21H16N4O2. The van der Waals surface area contributed by atoms with E-state index >= 15 is 0 Å². The summed E-state index contributed by atoms with van der Waals surface area (Å²) in [6.07, 6.45) is 4.65. The highest BCUT2D eigenvalue weighted by atomic mass is 16.5. The summed E-state index contributed by atoms with van der Waals surface area (Å²) in [6.45, 7) is 0.319. The number of hydrogen-bond donors (Lipinski definition) is 1. The third-order valence-corrected chi connectivity index (χ3v) is 3.73. The van der Waals surface area contributed by atoms with Gasteiger partial charge in [0, 0.05) is 23.5 Å². The largest absolute Gasteiger partial charge is 0.489 e. The van der Waals surface area contributed by atoms with Crippen LogP contribution in [0.3, 0.4) is 0 Å². The van der Waals surface area contributed by atoms with Crippen molar-refractivity contribution in [1.29, 1.82) is 5.26 Å². The van der Waals surface area contributed by atoms with Crippen molar-refractivity contribution in [2.24, 2.45) is 5.10 Å². The second kappa shape index (κ2) is 8.92. The molecule has 0 unspecified atom stereocenters. The van der Waals surface area contributed by atoms with Gasteiger partial charge in [-0.15, -0.1) is 0 Å². The number of benzene rings is 2. The Morgan fingerprint density at radius 3 is 2.59 bits per heavy atom. The Hall–Kier alpha value is -3.98. The second-order valence-electron chi connectivity index (χ2n) is 5.56. The summed E-state index contributed by atoms with van der Waals surface area (Å²) in [7, 11) is 0. The minimum Gasteiger partial charge on any atom is -0.489 e. The summed E-state index contributed by atoms with van der Waals surface area (Å²) < 4.78 is 5.72. The highest BCUT2D eigenvalue weighted by molar-refractivity contribution is 5.94. The number of amides is 1. The maximum atomic E-state index is 11.9. The van der Waals surface area contributed by atoms with E-state index < -0.39 is 0 Å². The number of ether oxygens (including phenoxy) is 1. The van der Waals surface area contributed by atoms with Gasteiger partial charge < -0.3 is 4.74 Å². The van der Waals surface area contributed by atoms with Gasteiger partial charge in [0.15, 0.2) is 0 Å². The third-order valence-electron chi connectivity index (χ3n) is 3.73. The molecule has 27 heavy (non-hydrogen) atoms. The molecule has 1 heterocycles. The highest BCUT2D eigenvalue weighted by Gasteiger charge is 2.03. The molecule has 6 heteroatoms. The number of carbonyl (C=O) groups is 1. The van der Waals surface area contributed by atoms with Crippen molar-refractivity contribution in [2.75, 3.05) is 0 Å². The zero-order chi connectivity index (χ0) is 18.9. The summed E-state index contributed by atoms with van der Waals surface area (Å²) in [5, 5.41) is 13.0. The maximum Gasteiger partial charge on any atom is 0.271 e. The first-order chi connectivity index (χ1) is 13.3. The van der Waals surface area contributed by atoms with Crippen molar-refractivity contribution >= 4 is 12.1 Å². The Kier molecular flexibility index (Phi) is 5.89. The normalized spacial score (nSPS) is 10.3. The Morgan fingerprint density at radius 2 is 1.85 bits per heavy atom. The van der Waals surface area contributed by atoms with Crippen molar-refractivity contribution in [3.05, 3.63) is 95.3 Å². The van der Waals surface area contributed by atoms with E-state index in [-0.39, 0.29) is 5.91 Å². The van der Waals surface area contributed by atoms with Crippen LogP contribution >= 0.6 is 0 Å². The van der Waals surface area contributed by atoms with E-state index in [1.807, 2.05) is 30.3 Å². The third kappa shape index (κ3) is 5.00.